The van der Waals surface area contributed by atoms with Crippen molar-refractivity contribution in [1.29, 1.82) is 0 Å². The van der Waals surface area contributed by atoms with E-state index in [1.54, 1.807) is 12.1 Å². The van der Waals surface area contributed by atoms with E-state index in [-0.39, 0.29) is 34.9 Å². The number of carbonyl (C=O) groups is 2. The first-order chi connectivity index (χ1) is 43.4. The molecule has 12 rings (SSSR count). The van der Waals surface area contributed by atoms with E-state index >= 15 is 0 Å². The monoisotopic (exact) mass is 1200 g/mol. The Morgan fingerprint density at radius 1 is 0.341 bits per heavy atom. The van der Waals surface area contributed by atoms with E-state index in [0.717, 1.165) is 77.7 Å². The fourth-order valence-electron chi connectivity index (χ4n) is 11.3. The Balaban J connectivity index is 1.13. The van der Waals surface area contributed by atoms with Crippen molar-refractivity contribution in [2.24, 2.45) is 0 Å². The van der Waals surface area contributed by atoms with E-state index in [0.29, 0.717) is 40.1 Å². The summed E-state index contributed by atoms with van der Waals surface area (Å²) in [5.74, 6) is 1.17. The van der Waals surface area contributed by atoms with Crippen molar-refractivity contribution in [2.75, 3.05) is 0 Å². The number of carbonyl (C=O) groups excluding carboxylic acids is 2. The molecular formula is C81H76N6O4. The van der Waals surface area contributed by atoms with Crippen molar-refractivity contribution in [3.63, 3.8) is 0 Å². The SMILES string of the molecule is CC(C)(C)c1cc(-c2nc(-c3cc(C(C)(C)C)cc(C(C)(C)C)c3)nc(-c3ccc(-n4c5ccc(C(=O)OCc6ccccc6)cc5c5cc(C(=O)OCc6ccccc6)ccc54)c(-c4cc(-c5ccccc5)nc(-c5ccccc5)n4)c3)n2)cc(C(C)(C)C)c1. The number of benzene rings is 9. The first-order valence-electron chi connectivity index (χ1n) is 31.2. The molecule has 0 bridgehead atoms. The summed E-state index contributed by atoms with van der Waals surface area (Å²) in [6.07, 6.45) is 0. The molecule has 12 aromatic rings. The maximum atomic E-state index is 14.1. The van der Waals surface area contributed by atoms with Crippen LogP contribution in [0.15, 0.2) is 218 Å². The van der Waals surface area contributed by atoms with Crippen molar-refractivity contribution in [1.82, 2.24) is 29.5 Å². The number of rotatable bonds is 13. The molecule has 0 amide bonds. The zero-order valence-electron chi connectivity index (χ0n) is 54.0. The summed E-state index contributed by atoms with van der Waals surface area (Å²) < 4.78 is 14.0. The second-order valence-corrected chi connectivity index (χ2v) is 27.8. The third-order valence-corrected chi connectivity index (χ3v) is 16.7. The zero-order chi connectivity index (χ0) is 64.0. The van der Waals surface area contributed by atoms with Gasteiger partial charge in [0.15, 0.2) is 23.3 Å². The summed E-state index contributed by atoms with van der Waals surface area (Å²) in [5, 5.41) is 1.45. The smallest absolute Gasteiger partial charge is 0.338 e. The lowest BCUT2D eigenvalue weighted by Crippen LogP contribution is -2.17. The molecule has 0 aliphatic rings. The van der Waals surface area contributed by atoms with E-state index in [4.69, 9.17) is 34.4 Å². The normalized spacial score (nSPS) is 12.1. The molecule has 0 radical (unpaired) electrons. The third kappa shape index (κ3) is 13.3. The van der Waals surface area contributed by atoms with Crippen LogP contribution in [-0.2, 0) is 44.3 Å². The second-order valence-electron chi connectivity index (χ2n) is 27.8. The summed E-state index contributed by atoms with van der Waals surface area (Å²) in [6.45, 7) is 27.1. The molecule has 0 spiro atoms. The quantitative estimate of drug-likeness (QED) is 0.104. The van der Waals surface area contributed by atoms with Crippen molar-refractivity contribution >= 4 is 33.7 Å². The predicted octanol–water partition coefficient (Wildman–Crippen LogP) is 19.7. The molecule has 10 heteroatoms. The second kappa shape index (κ2) is 24.3. The molecule has 91 heavy (non-hydrogen) atoms. The van der Waals surface area contributed by atoms with Crippen LogP contribution in [0.4, 0.5) is 0 Å². The van der Waals surface area contributed by atoms with Crippen LogP contribution >= 0.6 is 0 Å². The fraction of sp³-hybridized carbons (Fsp3) is 0.222. The number of esters is 2. The van der Waals surface area contributed by atoms with Gasteiger partial charge >= 0.3 is 11.9 Å². The Hall–Kier alpha value is -10.2. The highest BCUT2D eigenvalue weighted by Crippen LogP contribution is 2.42. The molecule has 9 aromatic carbocycles. The first-order valence-corrected chi connectivity index (χ1v) is 31.2. The Morgan fingerprint density at radius 3 is 1.13 bits per heavy atom. The van der Waals surface area contributed by atoms with Crippen LogP contribution in [0.3, 0.4) is 0 Å². The van der Waals surface area contributed by atoms with E-state index in [1.807, 2.05) is 140 Å². The maximum absolute atomic E-state index is 14.1. The fourth-order valence-corrected chi connectivity index (χ4v) is 11.3. The molecule has 0 atom stereocenters. The van der Waals surface area contributed by atoms with Gasteiger partial charge in [0.2, 0.25) is 0 Å². The Labute approximate surface area is 534 Å². The lowest BCUT2D eigenvalue weighted by atomic mass is 9.79. The van der Waals surface area contributed by atoms with E-state index in [1.165, 1.54) is 22.3 Å². The Bertz CT molecular complexity index is 4370. The molecule has 10 nitrogen and oxygen atoms in total. The standard InChI is InChI=1S/C81H76N6O4/c1-78(2,3)60-39-58(40-61(46-60)79(4,5)6)74-84-73(85-75(86-74)59-41-62(80(7,8)9)47-63(42-59)81(10,11)12)55-33-36-71(66(43-55)68-48-67(53-29-21-15-22-30-53)82-72(83-68)54-31-23-16-24-32-54)87-69-37-34-56(76(88)90-49-51-25-17-13-18-26-51)44-64(69)65-45-57(35-38-70(65)87)77(89)91-50-52-27-19-14-20-28-52/h13-48H,49-50H2,1-12H3. The summed E-state index contributed by atoms with van der Waals surface area (Å²) in [7, 11) is 0. The van der Waals surface area contributed by atoms with Gasteiger partial charge in [-0.2, -0.15) is 0 Å². The lowest BCUT2D eigenvalue weighted by molar-refractivity contribution is 0.0464. The van der Waals surface area contributed by atoms with Crippen LogP contribution in [0, 0.1) is 0 Å². The van der Waals surface area contributed by atoms with E-state index in [2.05, 4.69) is 154 Å². The van der Waals surface area contributed by atoms with Gasteiger partial charge < -0.3 is 14.0 Å². The van der Waals surface area contributed by atoms with Crippen LogP contribution in [0.5, 0.6) is 0 Å². The average molecular weight is 1200 g/mol. The van der Waals surface area contributed by atoms with E-state index < -0.39 is 11.9 Å². The minimum Gasteiger partial charge on any atom is -0.457 e. The van der Waals surface area contributed by atoms with Gasteiger partial charge in [0.25, 0.3) is 0 Å². The largest absolute Gasteiger partial charge is 0.457 e. The minimum atomic E-state index is -0.478. The van der Waals surface area contributed by atoms with E-state index in [9.17, 15) is 9.59 Å². The number of ether oxygens (including phenoxy) is 2. The topological polar surface area (TPSA) is 122 Å². The van der Waals surface area contributed by atoms with Crippen LogP contribution in [-0.4, -0.2) is 41.4 Å². The molecule has 0 unspecified atom stereocenters. The summed E-state index contributed by atoms with van der Waals surface area (Å²) in [6, 6.07) is 72.5. The number of aromatic nitrogens is 6. The molecule has 0 N–H and O–H groups in total. The van der Waals surface area contributed by atoms with Crippen molar-refractivity contribution in [2.45, 2.75) is 118 Å². The van der Waals surface area contributed by atoms with Gasteiger partial charge in [0.1, 0.15) is 13.2 Å². The van der Waals surface area contributed by atoms with Crippen LogP contribution in [0.1, 0.15) is 137 Å². The number of fused-ring (bicyclic) bond motifs is 3. The Kier molecular flexibility index (Phi) is 16.3. The van der Waals surface area contributed by atoms with Crippen molar-refractivity contribution in [3.8, 4) is 73.8 Å². The van der Waals surface area contributed by atoms with Crippen LogP contribution in [0.25, 0.3) is 95.6 Å². The predicted molar refractivity (Wildman–Crippen MR) is 368 cm³/mol. The van der Waals surface area contributed by atoms with Gasteiger partial charge in [-0.25, -0.2) is 34.5 Å². The molecule has 0 aliphatic heterocycles. The summed E-state index contributed by atoms with van der Waals surface area (Å²) in [4.78, 5) is 55.5. The highest BCUT2D eigenvalue weighted by molar-refractivity contribution is 6.13. The molecule has 0 fully saturated rings. The van der Waals surface area contributed by atoms with Gasteiger partial charge in [-0.05, 0) is 140 Å². The molecule has 0 saturated carbocycles. The third-order valence-electron chi connectivity index (χ3n) is 16.7. The molecule has 3 heterocycles. The molecule has 3 aromatic heterocycles. The van der Waals surface area contributed by atoms with Gasteiger partial charge in [-0.15, -0.1) is 0 Å². The minimum absolute atomic E-state index is 0.105. The summed E-state index contributed by atoms with van der Waals surface area (Å²) >= 11 is 0. The first kappa shape index (κ1) is 61.1. The lowest BCUT2D eigenvalue weighted by Gasteiger charge is -2.26. The van der Waals surface area contributed by atoms with Crippen molar-refractivity contribution < 1.29 is 19.1 Å². The molecule has 0 saturated heterocycles. The molecular weight excluding hydrogens is 1120 g/mol. The highest BCUT2D eigenvalue weighted by atomic mass is 16.5. The number of nitrogens with zero attached hydrogens (tertiary/aromatic N) is 6. The maximum Gasteiger partial charge on any atom is 0.338 e. The van der Waals surface area contributed by atoms with Crippen LogP contribution < -0.4 is 0 Å². The summed E-state index contributed by atoms with van der Waals surface area (Å²) in [5.41, 5.74) is 15.2. The molecule has 454 valence electrons. The van der Waals surface area contributed by atoms with Crippen molar-refractivity contribution in [3.05, 3.63) is 263 Å². The molecule has 0 aliphatic carbocycles. The van der Waals surface area contributed by atoms with Crippen LogP contribution in [0.2, 0.25) is 0 Å². The number of hydrogen-bond donors (Lipinski definition) is 0. The Morgan fingerprint density at radius 2 is 0.714 bits per heavy atom. The van der Waals surface area contributed by atoms with Gasteiger partial charge in [-0.3, -0.25) is 0 Å². The number of hydrogen-bond acceptors (Lipinski definition) is 9. The average Bonchev–Trinajstić information content (AvgIpc) is 1.64. The van der Waals surface area contributed by atoms with Gasteiger partial charge in [0.05, 0.1) is 39.2 Å². The van der Waals surface area contributed by atoms with Gasteiger partial charge in [-0.1, -0.05) is 217 Å². The van der Waals surface area contributed by atoms with Gasteiger partial charge in [0, 0.05) is 44.2 Å². The highest BCUT2D eigenvalue weighted by Gasteiger charge is 2.28. The zero-order valence-corrected chi connectivity index (χ0v) is 54.0.